The van der Waals surface area contributed by atoms with Crippen molar-refractivity contribution in [3.63, 3.8) is 0 Å². The van der Waals surface area contributed by atoms with Crippen molar-refractivity contribution in [1.82, 2.24) is 15.0 Å². The van der Waals surface area contributed by atoms with Gasteiger partial charge in [0.1, 0.15) is 16.7 Å². The molecule has 2 aromatic rings. The van der Waals surface area contributed by atoms with Crippen LogP contribution >= 0.6 is 11.6 Å². The minimum absolute atomic E-state index is 0.0461. The molecular weight excluding hydrogens is 310 g/mol. The Morgan fingerprint density at radius 1 is 1.13 bits per heavy atom. The van der Waals surface area contributed by atoms with Gasteiger partial charge in [-0.25, -0.2) is 0 Å². The molecule has 1 aromatic carbocycles. The second-order valence-corrected chi connectivity index (χ2v) is 8.04. The molecule has 0 N–H and O–H groups in total. The van der Waals surface area contributed by atoms with Crippen molar-refractivity contribution in [3.05, 3.63) is 29.3 Å². The molecule has 0 radical (unpaired) electrons. The highest BCUT2D eigenvalue weighted by atomic mass is 35.5. The fourth-order valence-electron chi connectivity index (χ4n) is 3.53. The van der Waals surface area contributed by atoms with E-state index in [1.807, 2.05) is 12.1 Å². The number of halogens is 1. The summed E-state index contributed by atoms with van der Waals surface area (Å²) in [6.07, 6.45) is 2.00. The Balaban J connectivity index is 2.09. The van der Waals surface area contributed by atoms with Crippen molar-refractivity contribution in [3.8, 4) is 0 Å². The van der Waals surface area contributed by atoms with E-state index >= 15 is 0 Å². The summed E-state index contributed by atoms with van der Waals surface area (Å²) in [7, 11) is 0. The molecule has 0 saturated heterocycles. The normalized spacial score (nSPS) is 25.7. The van der Waals surface area contributed by atoms with Crippen molar-refractivity contribution in [2.75, 3.05) is 0 Å². The van der Waals surface area contributed by atoms with E-state index in [-0.39, 0.29) is 17.1 Å². The highest BCUT2D eigenvalue weighted by Gasteiger charge is 2.42. The molecule has 3 unspecified atom stereocenters. The standard InChI is InChI=1S/C18H22ClN3O/c1-10-8-15(17(23)16(11(10)2)18(3,4)5)22-20-13-7-6-12(19)9-14(13)21-22/h6-11,16H,1-5H3. The third-order valence-corrected chi connectivity index (χ3v) is 5.04. The zero-order valence-corrected chi connectivity index (χ0v) is 14.9. The van der Waals surface area contributed by atoms with Crippen molar-refractivity contribution in [1.29, 1.82) is 0 Å². The van der Waals surface area contributed by atoms with Crippen LogP contribution in [-0.4, -0.2) is 20.8 Å². The lowest BCUT2D eigenvalue weighted by Gasteiger charge is -2.39. The summed E-state index contributed by atoms with van der Waals surface area (Å²) in [6.45, 7) is 10.7. The molecule has 0 saturated carbocycles. The van der Waals surface area contributed by atoms with Crippen molar-refractivity contribution >= 4 is 34.1 Å². The Bertz CT molecular complexity index is 800. The average molecular weight is 332 g/mol. The number of rotatable bonds is 1. The highest BCUT2D eigenvalue weighted by Crippen LogP contribution is 2.42. The Morgan fingerprint density at radius 2 is 1.78 bits per heavy atom. The predicted octanol–water partition coefficient (Wildman–Crippen LogP) is 4.44. The van der Waals surface area contributed by atoms with Gasteiger partial charge in [-0.1, -0.05) is 52.3 Å². The van der Waals surface area contributed by atoms with E-state index in [2.05, 4.69) is 44.8 Å². The van der Waals surface area contributed by atoms with Crippen LogP contribution in [0, 0.1) is 23.2 Å². The number of hydrogen-bond donors (Lipinski definition) is 0. The van der Waals surface area contributed by atoms with Gasteiger partial charge in [0, 0.05) is 10.9 Å². The van der Waals surface area contributed by atoms with Gasteiger partial charge in [-0.3, -0.25) is 4.79 Å². The van der Waals surface area contributed by atoms with E-state index in [1.165, 1.54) is 4.80 Å². The summed E-state index contributed by atoms with van der Waals surface area (Å²) in [4.78, 5) is 14.6. The first-order valence-corrected chi connectivity index (χ1v) is 8.35. The number of nitrogens with zero attached hydrogens (tertiary/aromatic N) is 3. The Labute approximate surface area is 141 Å². The van der Waals surface area contributed by atoms with E-state index < -0.39 is 0 Å². The molecule has 1 aromatic heterocycles. The van der Waals surface area contributed by atoms with Gasteiger partial charge in [-0.15, -0.1) is 15.0 Å². The summed E-state index contributed by atoms with van der Waals surface area (Å²) in [5.41, 5.74) is 1.91. The maximum absolute atomic E-state index is 13.1. The average Bonchev–Trinajstić information content (AvgIpc) is 2.84. The number of carbonyl (C=O) groups excluding carboxylic acids is 1. The van der Waals surface area contributed by atoms with Gasteiger partial charge in [0.2, 0.25) is 0 Å². The first-order valence-electron chi connectivity index (χ1n) is 7.97. The molecule has 1 heterocycles. The molecule has 23 heavy (non-hydrogen) atoms. The van der Waals surface area contributed by atoms with Crippen molar-refractivity contribution < 1.29 is 4.79 Å². The van der Waals surface area contributed by atoms with E-state index in [1.54, 1.807) is 12.1 Å². The lowest BCUT2D eigenvalue weighted by Crippen LogP contribution is -2.41. The van der Waals surface area contributed by atoms with Crippen LogP contribution in [0.2, 0.25) is 5.02 Å². The molecule has 0 amide bonds. The molecule has 1 aliphatic carbocycles. The van der Waals surface area contributed by atoms with Crippen LogP contribution < -0.4 is 0 Å². The number of fused-ring (bicyclic) bond motifs is 1. The minimum Gasteiger partial charge on any atom is -0.292 e. The van der Waals surface area contributed by atoms with Gasteiger partial charge in [-0.2, -0.15) is 0 Å². The fraction of sp³-hybridized carbons (Fsp3) is 0.500. The second kappa shape index (κ2) is 5.45. The van der Waals surface area contributed by atoms with Crippen LogP contribution in [0.1, 0.15) is 34.6 Å². The number of benzene rings is 1. The quantitative estimate of drug-likeness (QED) is 0.776. The Morgan fingerprint density at radius 3 is 2.43 bits per heavy atom. The molecule has 0 fully saturated rings. The summed E-state index contributed by atoms with van der Waals surface area (Å²) in [5, 5.41) is 9.53. The summed E-state index contributed by atoms with van der Waals surface area (Å²) < 4.78 is 0. The molecule has 0 bridgehead atoms. The number of allylic oxidation sites excluding steroid dienone is 2. The van der Waals surface area contributed by atoms with Crippen LogP contribution in [0.5, 0.6) is 0 Å². The van der Waals surface area contributed by atoms with Crippen LogP contribution in [0.4, 0.5) is 0 Å². The number of hydrogen-bond acceptors (Lipinski definition) is 3. The van der Waals surface area contributed by atoms with Crippen LogP contribution in [0.15, 0.2) is 24.3 Å². The van der Waals surface area contributed by atoms with E-state index in [0.29, 0.717) is 28.1 Å². The van der Waals surface area contributed by atoms with Crippen molar-refractivity contribution in [2.45, 2.75) is 34.6 Å². The van der Waals surface area contributed by atoms with Gasteiger partial charge < -0.3 is 0 Å². The van der Waals surface area contributed by atoms with Gasteiger partial charge >= 0.3 is 0 Å². The smallest absolute Gasteiger partial charge is 0.186 e. The molecule has 3 rings (SSSR count). The molecule has 122 valence electrons. The maximum atomic E-state index is 13.1. The maximum Gasteiger partial charge on any atom is 0.186 e. The second-order valence-electron chi connectivity index (χ2n) is 7.60. The Kier molecular flexibility index (Phi) is 3.83. The minimum atomic E-state index is -0.0971. The molecule has 0 aliphatic heterocycles. The monoisotopic (exact) mass is 331 g/mol. The number of carbonyl (C=O) groups is 1. The SMILES string of the molecule is CC1C=C(n2nc3ccc(Cl)cc3n2)C(=O)C(C(C)(C)C)C1C. The zero-order chi connectivity index (χ0) is 16.9. The topological polar surface area (TPSA) is 47.8 Å². The van der Waals surface area contributed by atoms with Gasteiger partial charge in [0.05, 0.1) is 0 Å². The molecule has 4 nitrogen and oxygen atoms in total. The first kappa shape index (κ1) is 16.2. The van der Waals surface area contributed by atoms with Gasteiger partial charge in [0.15, 0.2) is 5.78 Å². The molecular formula is C18H22ClN3O. The molecule has 1 aliphatic rings. The number of Topliss-reactive ketones (excluding diaryl/α,β-unsaturated/α-hetero) is 1. The third-order valence-electron chi connectivity index (χ3n) is 4.80. The summed E-state index contributed by atoms with van der Waals surface area (Å²) in [5.74, 6) is 0.667. The van der Waals surface area contributed by atoms with Crippen molar-refractivity contribution in [2.24, 2.45) is 23.2 Å². The lowest BCUT2D eigenvalue weighted by atomic mass is 9.64. The van der Waals surface area contributed by atoms with E-state index in [0.717, 1.165) is 5.52 Å². The van der Waals surface area contributed by atoms with E-state index in [4.69, 9.17) is 11.6 Å². The summed E-state index contributed by atoms with van der Waals surface area (Å²) in [6, 6.07) is 5.37. The predicted molar refractivity (Wildman–Crippen MR) is 93.1 cm³/mol. The van der Waals surface area contributed by atoms with Gasteiger partial charge in [0.25, 0.3) is 0 Å². The number of aromatic nitrogens is 3. The third kappa shape index (κ3) is 2.80. The number of ketones is 1. The zero-order valence-electron chi connectivity index (χ0n) is 14.2. The molecule has 5 heteroatoms. The van der Waals surface area contributed by atoms with Crippen LogP contribution in [0.3, 0.4) is 0 Å². The molecule has 0 spiro atoms. The highest BCUT2D eigenvalue weighted by molar-refractivity contribution is 6.31. The van der Waals surface area contributed by atoms with Crippen LogP contribution in [0.25, 0.3) is 16.7 Å². The largest absolute Gasteiger partial charge is 0.292 e. The first-order chi connectivity index (χ1) is 10.7. The van der Waals surface area contributed by atoms with E-state index in [9.17, 15) is 4.79 Å². The molecule has 3 atom stereocenters. The van der Waals surface area contributed by atoms with Gasteiger partial charge in [-0.05, 0) is 35.4 Å². The van der Waals surface area contributed by atoms with Crippen LogP contribution in [-0.2, 0) is 4.79 Å². The lowest BCUT2D eigenvalue weighted by molar-refractivity contribution is -0.124. The Hall–Kier alpha value is -1.68. The summed E-state index contributed by atoms with van der Waals surface area (Å²) >= 11 is 6.01. The fourth-order valence-corrected chi connectivity index (χ4v) is 3.69.